The van der Waals surface area contributed by atoms with Crippen LogP contribution in [-0.2, 0) is 4.79 Å². The third-order valence-electron chi connectivity index (χ3n) is 2.76. The molecular weight excluding hydrogens is 166 g/mol. The molecule has 1 unspecified atom stereocenters. The van der Waals surface area contributed by atoms with Gasteiger partial charge in [-0.15, -0.1) is 0 Å². The summed E-state index contributed by atoms with van der Waals surface area (Å²) in [6, 6.07) is 0. The number of aliphatic imine (C=N–C) groups is 1. The summed E-state index contributed by atoms with van der Waals surface area (Å²) in [5.41, 5.74) is 1.35. The van der Waals surface area contributed by atoms with Crippen LogP contribution < -0.4 is 0 Å². The zero-order valence-electron chi connectivity index (χ0n) is 7.72. The van der Waals surface area contributed by atoms with E-state index in [0.717, 1.165) is 5.57 Å². The monoisotopic (exact) mass is 177 g/mol. The molecule has 68 valence electrons. The number of hydrogen-bond acceptors (Lipinski definition) is 3. The summed E-state index contributed by atoms with van der Waals surface area (Å²) < 4.78 is 0. The first kappa shape index (κ1) is 8.23. The third-order valence-corrected chi connectivity index (χ3v) is 2.76. The van der Waals surface area contributed by atoms with Crippen molar-refractivity contribution in [1.82, 2.24) is 0 Å². The van der Waals surface area contributed by atoms with Crippen LogP contribution in [0.4, 0.5) is 0 Å². The van der Waals surface area contributed by atoms with Crippen molar-refractivity contribution in [2.45, 2.75) is 25.8 Å². The Bertz CT molecular complexity index is 390. The zero-order valence-corrected chi connectivity index (χ0v) is 7.72. The van der Waals surface area contributed by atoms with Crippen LogP contribution in [0.5, 0.6) is 0 Å². The molecule has 0 amide bonds. The van der Waals surface area contributed by atoms with Gasteiger partial charge in [-0.25, -0.2) is 0 Å². The second-order valence-electron chi connectivity index (χ2n) is 3.67. The Labute approximate surface area is 76.5 Å². The van der Waals surface area contributed by atoms with Gasteiger partial charge in [0, 0.05) is 12.0 Å². The molecule has 1 atom stereocenters. The van der Waals surface area contributed by atoms with Gasteiger partial charge in [-0.3, -0.25) is 9.79 Å². The molecule has 0 fully saturated rings. The van der Waals surface area contributed by atoms with Crippen LogP contribution in [-0.4, -0.2) is 22.1 Å². The van der Waals surface area contributed by atoms with E-state index in [9.17, 15) is 9.90 Å². The average molecular weight is 177 g/mol. The van der Waals surface area contributed by atoms with Gasteiger partial charge in [0.15, 0.2) is 5.78 Å². The SMILES string of the molecule is C=C(C)C12CC(=O)C(C)=C(O)C1=N2. The highest BCUT2D eigenvalue weighted by molar-refractivity contribution is 6.26. The topological polar surface area (TPSA) is 49.7 Å². The van der Waals surface area contributed by atoms with Crippen LogP contribution in [0.3, 0.4) is 0 Å². The molecule has 1 aliphatic carbocycles. The summed E-state index contributed by atoms with van der Waals surface area (Å²) in [5.74, 6) is 0.0183. The van der Waals surface area contributed by atoms with Crippen LogP contribution in [0.1, 0.15) is 20.3 Å². The van der Waals surface area contributed by atoms with E-state index in [2.05, 4.69) is 11.6 Å². The van der Waals surface area contributed by atoms with Crippen molar-refractivity contribution in [1.29, 1.82) is 0 Å². The number of carbonyl (C=O) groups is 1. The summed E-state index contributed by atoms with van der Waals surface area (Å²) in [4.78, 5) is 15.6. The lowest BCUT2D eigenvalue weighted by Crippen LogP contribution is -2.31. The highest BCUT2D eigenvalue weighted by Crippen LogP contribution is 2.45. The van der Waals surface area contributed by atoms with Gasteiger partial charge in [-0.2, -0.15) is 0 Å². The molecule has 0 saturated heterocycles. The van der Waals surface area contributed by atoms with Crippen LogP contribution in [0.15, 0.2) is 28.5 Å². The third kappa shape index (κ3) is 0.842. The molecule has 0 saturated carbocycles. The normalized spacial score (nSPS) is 31.2. The van der Waals surface area contributed by atoms with E-state index >= 15 is 0 Å². The lowest BCUT2D eigenvalue weighted by atomic mass is 9.82. The van der Waals surface area contributed by atoms with Crippen molar-refractivity contribution in [3.8, 4) is 0 Å². The van der Waals surface area contributed by atoms with Gasteiger partial charge in [0.2, 0.25) is 0 Å². The summed E-state index contributed by atoms with van der Waals surface area (Å²) in [5, 5.41) is 9.56. The molecule has 2 aliphatic rings. The van der Waals surface area contributed by atoms with Crippen LogP contribution in [0.2, 0.25) is 0 Å². The maximum Gasteiger partial charge on any atom is 0.165 e. The first-order valence-electron chi connectivity index (χ1n) is 4.19. The number of rotatable bonds is 1. The van der Waals surface area contributed by atoms with Crippen molar-refractivity contribution < 1.29 is 9.90 Å². The van der Waals surface area contributed by atoms with Gasteiger partial charge in [-0.05, 0) is 19.4 Å². The van der Waals surface area contributed by atoms with Gasteiger partial charge >= 0.3 is 0 Å². The van der Waals surface area contributed by atoms with E-state index in [-0.39, 0.29) is 11.5 Å². The van der Waals surface area contributed by atoms with Gasteiger partial charge in [-0.1, -0.05) is 6.58 Å². The first-order valence-corrected chi connectivity index (χ1v) is 4.19. The van der Waals surface area contributed by atoms with E-state index in [1.165, 1.54) is 0 Å². The second kappa shape index (κ2) is 2.10. The number of aliphatic hydroxyl groups excluding tert-OH is 1. The summed E-state index contributed by atoms with van der Waals surface area (Å²) >= 11 is 0. The first-order chi connectivity index (χ1) is 5.99. The largest absolute Gasteiger partial charge is 0.506 e. The Morgan fingerprint density at radius 2 is 2.31 bits per heavy atom. The Balaban J connectivity index is 2.44. The minimum atomic E-state index is -0.541. The maximum atomic E-state index is 11.4. The van der Waals surface area contributed by atoms with E-state index in [4.69, 9.17) is 0 Å². The molecule has 0 spiro atoms. The molecule has 0 aromatic carbocycles. The summed E-state index contributed by atoms with van der Waals surface area (Å²) in [6.45, 7) is 7.24. The summed E-state index contributed by atoms with van der Waals surface area (Å²) in [6.07, 6.45) is 0.341. The molecule has 3 heteroatoms. The molecule has 1 N–H and O–H groups in total. The molecule has 0 aromatic rings. The van der Waals surface area contributed by atoms with Crippen molar-refractivity contribution in [3.05, 3.63) is 23.5 Å². The fraction of sp³-hybridized carbons (Fsp3) is 0.400. The van der Waals surface area contributed by atoms with Crippen molar-refractivity contribution >= 4 is 11.5 Å². The fourth-order valence-electron chi connectivity index (χ4n) is 1.66. The summed E-state index contributed by atoms with van der Waals surface area (Å²) in [7, 11) is 0. The second-order valence-corrected chi connectivity index (χ2v) is 3.67. The lowest BCUT2D eigenvalue weighted by Gasteiger charge is -2.19. The quantitative estimate of drug-likeness (QED) is 0.618. The van der Waals surface area contributed by atoms with Crippen LogP contribution >= 0.6 is 0 Å². The number of ketones is 1. The molecule has 0 aromatic heterocycles. The minimum absolute atomic E-state index is 0.0366. The number of hydrogen-bond donors (Lipinski definition) is 1. The molecule has 1 aliphatic heterocycles. The Hall–Kier alpha value is -1.38. The van der Waals surface area contributed by atoms with Crippen LogP contribution in [0, 0.1) is 0 Å². The van der Waals surface area contributed by atoms with E-state index in [1.807, 2.05) is 6.92 Å². The number of carbonyl (C=O) groups excluding carboxylic acids is 1. The number of fused-ring (bicyclic) bond motifs is 1. The molecule has 3 nitrogen and oxygen atoms in total. The molecule has 1 heterocycles. The number of nitrogens with zero attached hydrogens (tertiary/aromatic N) is 1. The zero-order chi connectivity index (χ0) is 9.80. The Morgan fingerprint density at radius 1 is 1.69 bits per heavy atom. The predicted octanol–water partition coefficient (Wildman–Crippen LogP) is 1.56. The van der Waals surface area contributed by atoms with Crippen molar-refractivity contribution in [2.75, 3.05) is 0 Å². The van der Waals surface area contributed by atoms with Crippen molar-refractivity contribution in [3.63, 3.8) is 0 Å². The number of allylic oxidation sites excluding steroid dienone is 1. The van der Waals surface area contributed by atoms with E-state index < -0.39 is 5.54 Å². The van der Waals surface area contributed by atoms with E-state index in [1.54, 1.807) is 6.92 Å². The van der Waals surface area contributed by atoms with Gasteiger partial charge in [0.25, 0.3) is 0 Å². The maximum absolute atomic E-state index is 11.4. The predicted molar refractivity (Wildman–Crippen MR) is 49.9 cm³/mol. The average Bonchev–Trinajstić information content (AvgIpc) is 2.76. The Kier molecular flexibility index (Phi) is 1.33. The van der Waals surface area contributed by atoms with E-state index in [0.29, 0.717) is 17.7 Å². The molecular formula is C10H11NO2. The number of aliphatic hydroxyl groups is 1. The van der Waals surface area contributed by atoms with Gasteiger partial charge in [0.1, 0.15) is 17.0 Å². The van der Waals surface area contributed by atoms with Crippen LogP contribution in [0.25, 0.3) is 0 Å². The highest BCUT2D eigenvalue weighted by Gasteiger charge is 2.55. The lowest BCUT2D eigenvalue weighted by molar-refractivity contribution is -0.116. The number of Topliss-reactive ketones (excluding diaryl/α,β-unsaturated/α-hetero) is 1. The molecule has 13 heavy (non-hydrogen) atoms. The molecule has 0 radical (unpaired) electrons. The highest BCUT2D eigenvalue weighted by atomic mass is 16.3. The molecule has 0 bridgehead atoms. The standard InChI is InChI=1S/C10H11NO2/c1-5(2)10-4-7(12)6(3)8(13)9(10)11-10/h13H,1,4H2,2-3H3. The molecule has 2 rings (SSSR count). The van der Waals surface area contributed by atoms with Gasteiger partial charge < -0.3 is 5.11 Å². The van der Waals surface area contributed by atoms with Crippen molar-refractivity contribution in [2.24, 2.45) is 4.99 Å². The van der Waals surface area contributed by atoms with Gasteiger partial charge in [0.05, 0.1) is 0 Å². The minimum Gasteiger partial charge on any atom is -0.506 e. The smallest absolute Gasteiger partial charge is 0.165 e. The Morgan fingerprint density at radius 3 is 2.85 bits per heavy atom. The fourth-order valence-corrected chi connectivity index (χ4v) is 1.66.